The normalized spacial score (nSPS) is 21.7. The molecular weight excluding hydrogens is 170 g/mol. The predicted octanol–water partition coefficient (Wildman–Crippen LogP) is -0.234. The molecule has 0 aliphatic carbocycles. The van der Waals surface area contributed by atoms with E-state index >= 15 is 0 Å². The summed E-state index contributed by atoms with van der Waals surface area (Å²) in [5.41, 5.74) is 0.340. The molecule has 0 bridgehead atoms. The van der Waals surface area contributed by atoms with Crippen LogP contribution in [-0.4, -0.2) is 30.2 Å². The third-order valence-electron chi connectivity index (χ3n) is 2.07. The van der Waals surface area contributed by atoms with Gasteiger partial charge >= 0.3 is 0 Å². The van der Waals surface area contributed by atoms with E-state index in [1.165, 1.54) is 6.26 Å². The molecule has 70 valence electrons. The van der Waals surface area contributed by atoms with E-state index in [2.05, 4.69) is 20.3 Å². The second-order valence-electron chi connectivity index (χ2n) is 3.05. The highest BCUT2D eigenvalue weighted by Crippen LogP contribution is 2.00. The molecule has 1 unspecified atom stereocenters. The summed E-state index contributed by atoms with van der Waals surface area (Å²) in [6.45, 7) is 1.80. The van der Waals surface area contributed by atoms with Crippen molar-refractivity contribution in [2.24, 2.45) is 0 Å². The Bertz CT molecular complexity index is 278. The number of hydrogen-bond acceptors (Lipinski definition) is 4. The Morgan fingerprint density at radius 1 is 1.77 bits per heavy atom. The Morgan fingerprint density at radius 2 is 2.69 bits per heavy atom. The maximum absolute atomic E-state index is 11.4. The summed E-state index contributed by atoms with van der Waals surface area (Å²) in [5.74, 6) is -0.164. The molecule has 1 aromatic heterocycles. The highest BCUT2D eigenvalue weighted by atomic mass is 16.5. The highest BCUT2D eigenvalue weighted by molar-refractivity contribution is 5.92. The van der Waals surface area contributed by atoms with Crippen molar-refractivity contribution < 1.29 is 9.32 Å². The van der Waals surface area contributed by atoms with Crippen LogP contribution in [0, 0.1) is 0 Å². The van der Waals surface area contributed by atoms with Gasteiger partial charge in [-0.05, 0) is 13.0 Å². The van der Waals surface area contributed by atoms with Gasteiger partial charge in [-0.2, -0.15) is 0 Å². The monoisotopic (exact) mass is 181 g/mol. The lowest BCUT2D eigenvalue weighted by Gasteiger charge is -2.08. The second-order valence-corrected chi connectivity index (χ2v) is 3.05. The summed E-state index contributed by atoms with van der Waals surface area (Å²) in [6.07, 6.45) is 2.37. The van der Waals surface area contributed by atoms with Gasteiger partial charge in [0.1, 0.15) is 6.26 Å². The highest BCUT2D eigenvalue weighted by Gasteiger charge is 2.18. The van der Waals surface area contributed by atoms with Crippen LogP contribution in [0.1, 0.15) is 16.9 Å². The summed E-state index contributed by atoms with van der Waals surface area (Å²) in [5, 5.41) is 9.57. The standard InChI is InChI=1S/C8H11N3O2/c12-8(7-2-4-13-11-7)10-6-1-3-9-5-6/h2,4,6,9H,1,3,5H2,(H,10,12). The van der Waals surface area contributed by atoms with E-state index in [0.29, 0.717) is 5.69 Å². The number of hydrogen-bond donors (Lipinski definition) is 2. The SMILES string of the molecule is O=C(NC1CCNC1)c1ccon1. The van der Waals surface area contributed by atoms with Gasteiger partial charge in [0, 0.05) is 18.7 Å². The van der Waals surface area contributed by atoms with Gasteiger partial charge in [-0.15, -0.1) is 0 Å². The summed E-state index contributed by atoms with van der Waals surface area (Å²) in [6, 6.07) is 1.78. The lowest BCUT2D eigenvalue weighted by atomic mass is 10.2. The zero-order valence-electron chi connectivity index (χ0n) is 7.12. The van der Waals surface area contributed by atoms with E-state index in [1.54, 1.807) is 6.07 Å². The van der Waals surface area contributed by atoms with Crippen LogP contribution in [0.15, 0.2) is 16.9 Å². The van der Waals surface area contributed by atoms with Crippen molar-refractivity contribution in [2.75, 3.05) is 13.1 Å². The third-order valence-corrected chi connectivity index (χ3v) is 2.07. The van der Waals surface area contributed by atoms with Crippen molar-refractivity contribution in [1.29, 1.82) is 0 Å². The Morgan fingerprint density at radius 3 is 3.31 bits per heavy atom. The molecule has 0 radical (unpaired) electrons. The number of carbonyl (C=O) groups excluding carboxylic acids is 1. The van der Waals surface area contributed by atoms with Gasteiger partial charge in [0.2, 0.25) is 0 Å². The number of aromatic nitrogens is 1. The van der Waals surface area contributed by atoms with Crippen LogP contribution in [0.2, 0.25) is 0 Å². The second kappa shape index (κ2) is 3.57. The molecule has 0 spiro atoms. The molecule has 1 aliphatic rings. The Hall–Kier alpha value is -1.36. The predicted molar refractivity (Wildman–Crippen MR) is 45.2 cm³/mol. The van der Waals surface area contributed by atoms with Crippen LogP contribution in [0.4, 0.5) is 0 Å². The van der Waals surface area contributed by atoms with Crippen LogP contribution in [0.5, 0.6) is 0 Å². The average molecular weight is 181 g/mol. The molecule has 1 aromatic rings. The van der Waals surface area contributed by atoms with Crippen molar-refractivity contribution >= 4 is 5.91 Å². The average Bonchev–Trinajstić information content (AvgIpc) is 2.74. The number of rotatable bonds is 2. The van der Waals surface area contributed by atoms with E-state index in [1.807, 2.05) is 0 Å². The van der Waals surface area contributed by atoms with Crippen LogP contribution >= 0.6 is 0 Å². The van der Waals surface area contributed by atoms with Gasteiger partial charge in [0.15, 0.2) is 5.69 Å². The summed E-state index contributed by atoms with van der Waals surface area (Å²) in [4.78, 5) is 11.4. The molecule has 1 aliphatic heterocycles. The minimum Gasteiger partial charge on any atom is -0.364 e. The van der Waals surface area contributed by atoms with Gasteiger partial charge in [0.05, 0.1) is 0 Å². The zero-order chi connectivity index (χ0) is 9.10. The fourth-order valence-corrected chi connectivity index (χ4v) is 1.37. The zero-order valence-corrected chi connectivity index (χ0v) is 7.12. The van der Waals surface area contributed by atoms with Crippen LogP contribution in [0.3, 0.4) is 0 Å². The van der Waals surface area contributed by atoms with Crippen LogP contribution < -0.4 is 10.6 Å². The molecule has 1 amide bonds. The minimum atomic E-state index is -0.164. The fourth-order valence-electron chi connectivity index (χ4n) is 1.37. The topological polar surface area (TPSA) is 67.2 Å². The van der Waals surface area contributed by atoms with Gasteiger partial charge in [0.25, 0.3) is 5.91 Å². The minimum absolute atomic E-state index is 0.164. The van der Waals surface area contributed by atoms with E-state index < -0.39 is 0 Å². The van der Waals surface area contributed by atoms with Crippen molar-refractivity contribution in [2.45, 2.75) is 12.5 Å². The molecule has 13 heavy (non-hydrogen) atoms. The molecule has 0 saturated carbocycles. The smallest absolute Gasteiger partial charge is 0.273 e. The van der Waals surface area contributed by atoms with Crippen molar-refractivity contribution in [3.8, 4) is 0 Å². The maximum atomic E-state index is 11.4. The molecule has 1 atom stereocenters. The molecule has 2 rings (SSSR count). The first-order chi connectivity index (χ1) is 6.36. The summed E-state index contributed by atoms with van der Waals surface area (Å²) >= 11 is 0. The van der Waals surface area contributed by atoms with E-state index in [-0.39, 0.29) is 11.9 Å². The Kier molecular flexibility index (Phi) is 2.27. The van der Waals surface area contributed by atoms with Gasteiger partial charge in [-0.3, -0.25) is 4.79 Å². The van der Waals surface area contributed by atoms with Gasteiger partial charge in [-0.1, -0.05) is 5.16 Å². The summed E-state index contributed by atoms with van der Waals surface area (Å²) < 4.78 is 4.57. The molecule has 0 aromatic carbocycles. The van der Waals surface area contributed by atoms with Crippen LogP contribution in [0.25, 0.3) is 0 Å². The number of amides is 1. The first kappa shape index (κ1) is 8.25. The molecular formula is C8H11N3O2. The van der Waals surface area contributed by atoms with Crippen LogP contribution in [-0.2, 0) is 0 Å². The maximum Gasteiger partial charge on any atom is 0.273 e. The van der Waals surface area contributed by atoms with E-state index in [4.69, 9.17) is 0 Å². The first-order valence-corrected chi connectivity index (χ1v) is 4.28. The molecule has 5 nitrogen and oxygen atoms in total. The molecule has 1 saturated heterocycles. The third kappa shape index (κ3) is 1.86. The lowest BCUT2D eigenvalue weighted by molar-refractivity contribution is 0.0931. The Balaban J connectivity index is 1.91. The number of carbonyl (C=O) groups is 1. The quantitative estimate of drug-likeness (QED) is 0.661. The molecule has 2 heterocycles. The fraction of sp³-hybridized carbons (Fsp3) is 0.500. The van der Waals surface area contributed by atoms with Gasteiger partial charge < -0.3 is 15.2 Å². The molecule has 2 N–H and O–H groups in total. The van der Waals surface area contributed by atoms with Crippen molar-refractivity contribution in [3.05, 3.63) is 18.0 Å². The van der Waals surface area contributed by atoms with Crippen molar-refractivity contribution in [1.82, 2.24) is 15.8 Å². The molecule has 1 fully saturated rings. The first-order valence-electron chi connectivity index (χ1n) is 4.28. The largest absolute Gasteiger partial charge is 0.364 e. The van der Waals surface area contributed by atoms with Gasteiger partial charge in [-0.25, -0.2) is 0 Å². The number of nitrogens with zero attached hydrogens (tertiary/aromatic N) is 1. The van der Waals surface area contributed by atoms with Crippen molar-refractivity contribution in [3.63, 3.8) is 0 Å². The Labute approximate surface area is 75.5 Å². The lowest BCUT2D eigenvalue weighted by Crippen LogP contribution is -2.36. The van der Waals surface area contributed by atoms with E-state index in [9.17, 15) is 4.79 Å². The molecule has 5 heteroatoms. The van der Waals surface area contributed by atoms with E-state index in [0.717, 1.165) is 19.5 Å². The number of nitrogens with one attached hydrogen (secondary N) is 2. The summed E-state index contributed by atoms with van der Waals surface area (Å²) in [7, 11) is 0.